The van der Waals surface area contributed by atoms with Crippen LogP contribution in [0.5, 0.6) is 0 Å². The summed E-state index contributed by atoms with van der Waals surface area (Å²) >= 11 is 0. The van der Waals surface area contributed by atoms with E-state index in [1.807, 2.05) is 18.2 Å². The number of para-hydroxylation sites is 1. The monoisotopic (exact) mass is 360 g/mol. The number of hydrogen-bond donors (Lipinski definition) is 1. The summed E-state index contributed by atoms with van der Waals surface area (Å²) in [5.41, 5.74) is 5.22. The highest BCUT2D eigenvalue weighted by molar-refractivity contribution is 5.93. The summed E-state index contributed by atoms with van der Waals surface area (Å²) in [6.45, 7) is 0. The molecule has 0 radical (unpaired) electrons. The van der Waals surface area contributed by atoms with Crippen LogP contribution in [0, 0.1) is 0 Å². The second-order valence-electron chi connectivity index (χ2n) is 7.77. The number of ether oxygens (including phenoxy) is 1. The lowest BCUT2D eigenvalue weighted by molar-refractivity contribution is 0.0601. The van der Waals surface area contributed by atoms with Crippen LogP contribution < -0.4 is 5.32 Å². The second-order valence-corrected chi connectivity index (χ2v) is 7.77. The number of carbonyl (C=O) groups excluding carboxylic acids is 1. The predicted octanol–water partition coefficient (Wildman–Crippen LogP) is 5.39. The zero-order valence-corrected chi connectivity index (χ0v) is 15.6. The molecule has 1 aliphatic carbocycles. The fourth-order valence-corrected chi connectivity index (χ4v) is 4.88. The molecule has 0 saturated heterocycles. The highest BCUT2D eigenvalue weighted by Gasteiger charge is 2.40. The first-order chi connectivity index (χ1) is 13.2. The number of anilines is 1. The van der Waals surface area contributed by atoms with Crippen LogP contribution in [0.15, 0.2) is 48.5 Å². The maximum atomic E-state index is 12.1. The van der Waals surface area contributed by atoms with Crippen molar-refractivity contribution >= 4 is 22.6 Å². The molecular formula is C23H24N2O2. The van der Waals surface area contributed by atoms with Gasteiger partial charge in [0.25, 0.3) is 0 Å². The molecule has 0 bridgehead atoms. The standard InChI is InChI=1S/C23H24N2O2/c1-27-22(26)17-10-11-20-18(14-17)24-23(12-6-2-3-7-13-23)21-15-16-8-4-5-9-19(16)25(20)21/h4-5,8-11,14-15,24H,2-3,6-7,12-13H2,1H3. The van der Waals surface area contributed by atoms with Gasteiger partial charge in [-0.1, -0.05) is 43.9 Å². The van der Waals surface area contributed by atoms with Crippen LogP contribution >= 0.6 is 0 Å². The van der Waals surface area contributed by atoms with Crippen molar-refractivity contribution in [3.8, 4) is 5.69 Å². The first-order valence-corrected chi connectivity index (χ1v) is 9.84. The van der Waals surface area contributed by atoms with E-state index in [-0.39, 0.29) is 11.5 Å². The van der Waals surface area contributed by atoms with E-state index in [1.165, 1.54) is 49.4 Å². The number of nitrogens with one attached hydrogen (secondary N) is 1. The van der Waals surface area contributed by atoms with E-state index in [0.717, 1.165) is 24.2 Å². The van der Waals surface area contributed by atoms with Crippen molar-refractivity contribution in [1.29, 1.82) is 0 Å². The smallest absolute Gasteiger partial charge is 0.337 e. The molecule has 27 heavy (non-hydrogen) atoms. The van der Waals surface area contributed by atoms with Crippen LogP contribution in [0.25, 0.3) is 16.6 Å². The molecule has 1 spiro atoms. The number of benzene rings is 2. The average molecular weight is 360 g/mol. The van der Waals surface area contributed by atoms with Gasteiger partial charge in [0, 0.05) is 11.1 Å². The van der Waals surface area contributed by atoms with Crippen molar-refractivity contribution in [3.63, 3.8) is 0 Å². The summed E-state index contributed by atoms with van der Waals surface area (Å²) in [4.78, 5) is 12.1. The first-order valence-electron chi connectivity index (χ1n) is 9.84. The van der Waals surface area contributed by atoms with Gasteiger partial charge in [0.15, 0.2) is 0 Å². The molecule has 2 heterocycles. The predicted molar refractivity (Wildman–Crippen MR) is 108 cm³/mol. The van der Waals surface area contributed by atoms with Gasteiger partial charge >= 0.3 is 5.97 Å². The van der Waals surface area contributed by atoms with Crippen molar-refractivity contribution < 1.29 is 9.53 Å². The van der Waals surface area contributed by atoms with E-state index in [4.69, 9.17) is 4.74 Å². The molecule has 2 aliphatic rings. The summed E-state index contributed by atoms with van der Waals surface area (Å²) in [7, 11) is 1.43. The average Bonchev–Trinajstić information content (AvgIpc) is 2.95. The van der Waals surface area contributed by atoms with E-state index in [1.54, 1.807) is 0 Å². The normalized spacial score (nSPS) is 17.7. The summed E-state index contributed by atoms with van der Waals surface area (Å²) in [5.74, 6) is -0.294. The van der Waals surface area contributed by atoms with Crippen LogP contribution in [-0.4, -0.2) is 17.6 Å². The van der Waals surface area contributed by atoms with Crippen LogP contribution in [0.1, 0.15) is 54.6 Å². The topological polar surface area (TPSA) is 43.3 Å². The van der Waals surface area contributed by atoms with Crippen molar-refractivity contribution in [1.82, 2.24) is 4.57 Å². The third kappa shape index (κ3) is 2.47. The molecule has 5 rings (SSSR count). The van der Waals surface area contributed by atoms with Gasteiger partial charge in [-0.25, -0.2) is 4.79 Å². The van der Waals surface area contributed by atoms with Crippen molar-refractivity contribution in [2.75, 3.05) is 12.4 Å². The SMILES string of the molecule is COC(=O)c1ccc2c(c1)NC1(CCCCCC1)c1cc3ccccc3n1-2. The molecule has 0 amide bonds. The highest BCUT2D eigenvalue weighted by atomic mass is 16.5. The van der Waals surface area contributed by atoms with Crippen LogP contribution in [0.2, 0.25) is 0 Å². The number of hydrogen-bond acceptors (Lipinski definition) is 3. The first kappa shape index (κ1) is 16.4. The minimum absolute atomic E-state index is 0.0722. The Morgan fingerprint density at radius 2 is 1.81 bits per heavy atom. The van der Waals surface area contributed by atoms with Crippen molar-refractivity contribution in [2.45, 2.75) is 44.1 Å². The maximum absolute atomic E-state index is 12.1. The number of nitrogens with zero attached hydrogens (tertiary/aromatic N) is 1. The van der Waals surface area contributed by atoms with Crippen molar-refractivity contribution in [3.05, 3.63) is 59.8 Å². The molecule has 4 nitrogen and oxygen atoms in total. The fraction of sp³-hybridized carbons (Fsp3) is 0.348. The Bertz CT molecular complexity index is 1030. The van der Waals surface area contributed by atoms with E-state index >= 15 is 0 Å². The third-order valence-corrected chi connectivity index (χ3v) is 6.19. The quantitative estimate of drug-likeness (QED) is 0.592. The van der Waals surface area contributed by atoms with E-state index in [0.29, 0.717) is 5.56 Å². The third-order valence-electron chi connectivity index (χ3n) is 6.19. The Labute approximate surface area is 159 Å². The van der Waals surface area contributed by atoms with Gasteiger partial charge in [-0.15, -0.1) is 0 Å². The van der Waals surface area contributed by atoms with Crippen LogP contribution in [0.4, 0.5) is 5.69 Å². The Morgan fingerprint density at radius 3 is 2.59 bits per heavy atom. The van der Waals surface area contributed by atoms with Gasteiger partial charge < -0.3 is 14.6 Å². The fourth-order valence-electron chi connectivity index (χ4n) is 4.88. The molecule has 0 unspecified atom stereocenters. The Balaban J connectivity index is 1.77. The summed E-state index contributed by atoms with van der Waals surface area (Å²) in [6.07, 6.45) is 7.26. The summed E-state index contributed by atoms with van der Waals surface area (Å²) in [5, 5.41) is 5.13. The Kier molecular flexibility index (Phi) is 3.74. The van der Waals surface area contributed by atoms with Crippen molar-refractivity contribution in [2.24, 2.45) is 0 Å². The molecule has 2 aromatic carbocycles. The lowest BCUT2D eigenvalue weighted by atomic mass is 9.84. The summed E-state index contributed by atoms with van der Waals surface area (Å²) in [6, 6.07) is 16.8. The Hall–Kier alpha value is -2.75. The number of aromatic nitrogens is 1. The molecule has 1 fully saturated rings. The lowest BCUT2D eigenvalue weighted by Gasteiger charge is -2.41. The Morgan fingerprint density at radius 1 is 1.04 bits per heavy atom. The minimum Gasteiger partial charge on any atom is -0.465 e. The molecule has 1 saturated carbocycles. The van der Waals surface area contributed by atoms with Gasteiger partial charge in [0.2, 0.25) is 0 Å². The zero-order chi connectivity index (χ0) is 18.4. The van der Waals surface area contributed by atoms with Crippen LogP contribution in [0.3, 0.4) is 0 Å². The molecule has 1 aliphatic heterocycles. The largest absolute Gasteiger partial charge is 0.465 e. The minimum atomic E-state index is -0.294. The number of rotatable bonds is 1. The van der Waals surface area contributed by atoms with Gasteiger partial charge in [-0.05, 0) is 43.2 Å². The van der Waals surface area contributed by atoms with Gasteiger partial charge in [0.1, 0.15) is 0 Å². The number of fused-ring (bicyclic) bond motifs is 6. The number of carbonyl (C=O) groups is 1. The molecular weight excluding hydrogens is 336 g/mol. The molecule has 1 N–H and O–H groups in total. The maximum Gasteiger partial charge on any atom is 0.337 e. The van der Waals surface area contributed by atoms with Crippen LogP contribution in [-0.2, 0) is 10.3 Å². The van der Waals surface area contributed by atoms with E-state index in [9.17, 15) is 4.79 Å². The van der Waals surface area contributed by atoms with Gasteiger partial charge in [-0.2, -0.15) is 0 Å². The molecule has 138 valence electrons. The molecule has 1 aromatic heterocycles. The van der Waals surface area contributed by atoms with E-state index in [2.05, 4.69) is 40.2 Å². The highest BCUT2D eigenvalue weighted by Crippen LogP contribution is 2.47. The summed E-state index contributed by atoms with van der Waals surface area (Å²) < 4.78 is 7.33. The van der Waals surface area contributed by atoms with Gasteiger partial charge in [0.05, 0.1) is 35.1 Å². The molecule has 3 aromatic rings. The zero-order valence-electron chi connectivity index (χ0n) is 15.6. The molecule has 0 atom stereocenters. The lowest BCUT2D eigenvalue weighted by Crippen LogP contribution is -2.40. The number of methoxy groups -OCH3 is 1. The van der Waals surface area contributed by atoms with E-state index < -0.39 is 0 Å². The molecule has 4 heteroatoms. The number of esters is 1. The van der Waals surface area contributed by atoms with Gasteiger partial charge in [-0.3, -0.25) is 0 Å². The second kappa shape index (κ2) is 6.15.